The minimum Gasteiger partial charge on any atom is -0.465 e. The van der Waals surface area contributed by atoms with Crippen molar-refractivity contribution in [1.29, 1.82) is 5.26 Å². The summed E-state index contributed by atoms with van der Waals surface area (Å²) < 4.78 is 4.97. The van der Waals surface area contributed by atoms with E-state index >= 15 is 0 Å². The van der Waals surface area contributed by atoms with Crippen molar-refractivity contribution in [3.8, 4) is 6.07 Å². The molecule has 2 heterocycles. The molecule has 1 amide bonds. The van der Waals surface area contributed by atoms with Gasteiger partial charge in [-0.3, -0.25) is 19.4 Å². The van der Waals surface area contributed by atoms with Gasteiger partial charge in [0.25, 0.3) is 0 Å². The summed E-state index contributed by atoms with van der Waals surface area (Å²) >= 11 is 7.35. The number of carbonyl (C=O) groups excluding carboxylic acids is 2. The molecule has 0 N–H and O–H groups in total. The predicted octanol–water partition coefficient (Wildman–Crippen LogP) is 2.92. The van der Waals surface area contributed by atoms with Crippen LogP contribution in [0.4, 0.5) is 0 Å². The number of nitriles is 1. The van der Waals surface area contributed by atoms with Crippen LogP contribution in [0.15, 0.2) is 34.9 Å². The zero-order valence-electron chi connectivity index (χ0n) is 14.3. The largest absolute Gasteiger partial charge is 0.465 e. The SMILES string of the molecule is CCOC(=O)CN1CSC2=C(C#N)[C@@H](c3ccc(Cl)cc3)CC(=O)N2C1. The molecule has 8 heteroatoms. The molecule has 0 aromatic heterocycles. The van der Waals surface area contributed by atoms with Gasteiger partial charge in [0, 0.05) is 17.4 Å². The molecule has 1 saturated heterocycles. The second-order valence-corrected chi connectivity index (χ2v) is 7.38. The number of benzene rings is 1. The Bertz CT molecular complexity index is 788. The lowest BCUT2D eigenvalue weighted by Crippen LogP contribution is -2.48. The lowest BCUT2D eigenvalue weighted by molar-refractivity contribution is -0.146. The molecule has 0 radical (unpaired) electrons. The Balaban J connectivity index is 1.83. The Morgan fingerprint density at radius 2 is 2.15 bits per heavy atom. The van der Waals surface area contributed by atoms with Crippen LogP contribution >= 0.6 is 23.4 Å². The van der Waals surface area contributed by atoms with E-state index in [4.69, 9.17) is 16.3 Å². The van der Waals surface area contributed by atoms with Crippen LogP contribution in [0.5, 0.6) is 0 Å². The number of ether oxygens (including phenoxy) is 1. The first-order chi connectivity index (χ1) is 12.5. The van der Waals surface area contributed by atoms with E-state index in [2.05, 4.69) is 6.07 Å². The molecular formula is C18H18ClN3O3S. The average molecular weight is 392 g/mol. The molecule has 6 nitrogen and oxygen atoms in total. The molecule has 1 aromatic carbocycles. The third-order valence-electron chi connectivity index (χ3n) is 4.28. The zero-order valence-corrected chi connectivity index (χ0v) is 15.8. The molecule has 3 rings (SSSR count). The number of rotatable bonds is 4. The standard InChI is InChI=1S/C18H18ClN3O3S/c1-2-25-17(24)9-21-10-22-16(23)7-14(12-3-5-13(19)6-4-12)15(8-20)18(22)26-11-21/h3-6,14H,2,7,9-11H2,1H3/t14-/m1/s1. The first-order valence-corrected chi connectivity index (χ1v) is 9.60. The van der Waals surface area contributed by atoms with Crippen LogP contribution in [0, 0.1) is 11.3 Å². The highest BCUT2D eigenvalue weighted by atomic mass is 35.5. The normalized spacial score (nSPS) is 20.6. The molecule has 0 aliphatic carbocycles. The number of allylic oxidation sites excluding steroid dienone is 1. The lowest BCUT2D eigenvalue weighted by atomic mass is 9.86. The number of hydrogen-bond acceptors (Lipinski definition) is 6. The fraction of sp³-hybridized carbons (Fsp3) is 0.389. The van der Waals surface area contributed by atoms with Gasteiger partial charge in [0.15, 0.2) is 0 Å². The zero-order chi connectivity index (χ0) is 18.7. The van der Waals surface area contributed by atoms with Crippen molar-refractivity contribution in [2.45, 2.75) is 19.3 Å². The van der Waals surface area contributed by atoms with Gasteiger partial charge in [-0.05, 0) is 24.6 Å². The topological polar surface area (TPSA) is 73.6 Å². The Morgan fingerprint density at radius 1 is 1.42 bits per heavy atom. The van der Waals surface area contributed by atoms with Gasteiger partial charge in [-0.25, -0.2) is 0 Å². The number of nitrogens with zero attached hydrogens (tertiary/aromatic N) is 3. The van der Waals surface area contributed by atoms with Crippen LogP contribution in [-0.2, 0) is 14.3 Å². The molecular weight excluding hydrogens is 374 g/mol. The minimum absolute atomic E-state index is 0.0555. The van der Waals surface area contributed by atoms with Crippen molar-refractivity contribution in [2.75, 3.05) is 25.7 Å². The number of hydrogen-bond donors (Lipinski definition) is 0. The van der Waals surface area contributed by atoms with Gasteiger partial charge in [-0.2, -0.15) is 5.26 Å². The van der Waals surface area contributed by atoms with E-state index in [1.165, 1.54) is 11.8 Å². The Morgan fingerprint density at radius 3 is 2.81 bits per heavy atom. The van der Waals surface area contributed by atoms with E-state index in [1.807, 2.05) is 17.0 Å². The van der Waals surface area contributed by atoms with Gasteiger partial charge in [-0.1, -0.05) is 35.5 Å². The van der Waals surface area contributed by atoms with Crippen molar-refractivity contribution >= 4 is 35.2 Å². The van der Waals surface area contributed by atoms with Crippen LogP contribution in [0.3, 0.4) is 0 Å². The molecule has 26 heavy (non-hydrogen) atoms. The first-order valence-electron chi connectivity index (χ1n) is 8.24. The van der Waals surface area contributed by atoms with E-state index in [0.29, 0.717) is 34.8 Å². The molecule has 136 valence electrons. The molecule has 0 bridgehead atoms. The van der Waals surface area contributed by atoms with Gasteiger partial charge < -0.3 is 4.74 Å². The molecule has 1 atom stereocenters. The van der Waals surface area contributed by atoms with E-state index in [9.17, 15) is 14.9 Å². The minimum atomic E-state index is -0.315. The second kappa shape index (κ2) is 8.12. The molecule has 1 aromatic rings. The highest BCUT2D eigenvalue weighted by Crippen LogP contribution is 2.42. The smallest absolute Gasteiger partial charge is 0.320 e. The van der Waals surface area contributed by atoms with E-state index in [-0.39, 0.29) is 30.8 Å². The first kappa shape index (κ1) is 18.8. The van der Waals surface area contributed by atoms with Crippen molar-refractivity contribution in [1.82, 2.24) is 9.80 Å². The maximum absolute atomic E-state index is 12.7. The van der Waals surface area contributed by atoms with Gasteiger partial charge in [-0.15, -0.1) is 0 Å². The highest BCUT2D eigenvalue weighted by Gasteiger charge is 2.38. The molecule has 2 aliphatic rings. The number of thioether (sulfide) groups is 1. The van der Waals surface area contributed by atoms with Crippen LogP contribution in [0.25, 0.3) is 0 Å². The van der Waals surface area contributed by atoms with Crippen molar-refractivity contribution in [3.05, 3.63) is 45.5 Å². The average Bonchev–Trinajstić information content (AvgIpc) is 2.63. The number of amides is 1. The van der Waals surface area contributed by atoms with E-state index in [0.717, 1.165) is 5.56 Å². The fourth-order valence-electron chi connectivity index (χ4n) is 3.08. The number of halogens is 1. The lowest BCUT2D eigenvalue weighted by Gasteiger charge is -2.40. The molecule has 0 unspecified atom stereocenters. The van der Waals surface area contributed by atoms with Gasteiger partial charge in [0.1, 0.15) is 0 Å². The van der Waals surface area contributed by atoms with Gasteiger partial charge >= 0.3 is 5.97 Å². The molecule has 0 saturated carbocycles. The third kappa shape index (κ3) is 3.88. The summed E-state index contributed by atoms with van der Waals surface area (Å²) in [4.78, 5) is 27.8. The highest BCUT2D eigenvalue weighted by molar-refractivity contribution is 8.03. The van der Waals surface area contributed by atoms with Crippen LogP contribution in [-0.4, -0.2) is 47.4 Å². The number of carbonyl (C=O) groups is 2. The second-order valence-electron chi connectivity index (χ2n) is 6.01. The van der Waals surface area contributed by atoms with E-state index < -0.39 is 0 Å². The Hall–Kier alpha value is -2.01. The number of esters is 1. The van der Waals surface area contributed by atoms with Crippen molar-refractivity contribution < 1.29 is 14.3 Å². The molecule has 1 fully saturated rings. The van der Waals surface area contributed by atoms with Gasteiger partial charge in [0.05, 0.1) is 42.4 Å². The van der Waals surface area contributed by atoms with Gasteiger partial charge in [0.2, 0.25) is 5.91 Å². The Labute approximate surface area is 161 Å². The summed E-state index contributed by atoms with van der Waals surface area (Å²) in [7, 11) is 0. The van der Waals surface area contributed by atoms with Crippen LogP contribution in [0.1, 0.15) is 24.8 Å². The summed E-state index contributed by atoms with van der Waals surface area (Å²) in [5.41, 5.74) is 1.49. The summed E-state index contributed by atoms with van der Waals surface area (Å²) in [5.74, 6) is -0.110. The fourth-order valence-corrected chi connectivity index (χ4v) is 4.34. The molecule has 0 spiro atoms. The summed E-state index contributed by atoms with van der Waals surface area (Å²) in [6.45, 7) is 2.50. The summed E-state index contributed by atoms with van der Waals surface area (Å²) in [6, 6.07) is 9.53. The quantitative estimate of drug-likeness (QED) is 0.735. The number of fused-ring (bicyclic) bond motifs is 1. The maximum atomic E-state index is 12.7. The maximum Gasteiger partial charge on any atom is 0.320 e. The van der Waals surface area contributed by atoms with Crippen molar-refractivity contribution in [2.24, 2.45) is 0 Å². The van der Waals surface area contributed by atoms with Crippen LogP contribution < -0.4 is 0 Å². The van der Waals surface area contributed by atoms with Crippen LogP contribution in [0.2, 0.25) is 5.02 Å². The monoisotopic (exact) mass is 391 g/mol. The Kier molecular flexibility index (Phi) is 5.87. The van der Waals surface area contributed by atoms with Crippen molar-refractivity contribution in [3.63, 3.8) is 0 Å². The summed E-state index contributed by atoms with van der Waals surface area (Å²) in [5, 5.41) is 11.0. The van der Waals surface area contributed by atoms with E-state index in [1.54, 1.807) is 24.0 Å². The predicted molar refractivity (Wildman–Crippen MR) is 99.0 cm³/mol. The summed E-state index contributed by atoms with van der Waals surface area (Å²) in [6.07, 6.45) is 0.224. The third-order valence-corrected chi connectivity index (χ3v) is 5.74. The molecule has 2 aliphatic heterocycles.